The second-order valence-corrected chi connectivity index (χ2v) is 9.27. The molecule has 0 saturated carbocycles. The minimum Gasteiger partial charge on any atom is -0.482 e. The monoisotopic (exact) mass is 487 g/mol. The van der Waals surface area contributed by atoms with E-state index in [1.807, 2.05) is 4.72 Å². The number of sulfonamides is 1. The number of nitrogen functional groups attached to an aromatic ring is 1. The molecule has 0 bridgehead atoms. The zero-order valence-corrected chi connectivity index (χ0v) is 18.8. The number of fused-ring (bicyclic) bond motifs is 1. The second-order valence-electron chi connectivity index (χ2n) is 7.52. The van der Waals surface area contributed by atoms with Gasteiger partial charge in [0, 0.05) is 35.0 Å². The van der Waals surface area contributed by atoms with Gasteiger partial charge < -0.3 is 10.5 Å². The van der Waals surface area contributed by atoms with Crippen LogP contribution in [0.4, 0.5) is 14.6 Å². The maximum absolute atomic E-state index is 14.0. The molecule has 0 saturated heterocycles. The van der Waals surface area contributed by atoms with Gasteiger partial charge in [-0.1, -0.05) is 0 Å². The van der Waals surface area contributed by atoms with Crippen LogP contribution in [-0.2, 0) is 10.0 Å². The van der Waals surface area contributed by atoms with Crippen LogP contribution in [0, 0.1) is 11.6 Å². The predicted molar refractivity (Wildman–Crippen MR) is 121 cm³/mol. The summed E-state index contributed by atoms with van der Waals surface area (Å²) in [5, 5.41) is 4.35. The smallest absolute Gasteiger partial charge is 0.264 e. The third kappa shape index (κ3) is 4.81. The molecule has 0 unspecified atom stereocenters. The fourth-order valence-electron chi connectivity index (χ4n) is 3.42. The first kappa shape index (κ1) is 23.1. The third-order valence-electron chi connectivity index (χ3n) is 4.89. The van der Waals surface area contributed by atoms with E-state index < -0.39 is 33.7 Å². The van der Waals surface area contributed by atoms with Crippen LogP contribution in [0.1, 0.15) is 28.9 Å². The number of benzene rings is 2. The fraction of sp³-hybridized carbons (Fsp3) is 0.136. The Morgan fingerprint density at radius 2 is 1.97 bits per heavy atom. The number of carbonyl (C=O) groups is 1. The molecule has 0 fully saturated rings. The van der Waals surface area contributed by atoms with E-state index in [0.29, 0.717) is 17.3 Å². The van der Waals surface area contributed by atoms with E-state index in [1.165, 1.54) is 18.2 Å². The number of anilines is 1. The molecule has 9 nitrogen and oxygen atoms in total. The van der Waals surface area contributed by atoms with Gasteiger partial charge in [-0.3, -0.25) is 4.79 Å². The van der Waals surface area contributed by atoms with Gasteiger partial charge in [-0.25, -0.2) is 31.6 Å². The van der Waals surface area contributed by atoms with Gasteiger partial charge >= 0.3 is 0 Å². The molecule has 0 aliphatic carbocycles. The van der Waals surface area contributed by atoms with Crippen LogP contribution in [0.15, 0.2) is 54.9 Å². The molecule has 4 rings (SSSR count). The zero-order chi connectivity index (χ0) is 24.6. The van der Waals surface area contributed by atoms with Gasteiger partial charge in [-0.2, -0.15) is 5.10 Å². The van der Waals surface area contributed by atoms with Crippen molar-refractivity contribution in [3.63, 3.8) is 0 Å². The summed E-state index contributed by atoms with van der Waals surface area (Å²) in [4.78, 5) is 16.4. The maximum Gasteiger partial charge on any atom is 0.264 e. The Balaban J connectivity index is 1.75. The van der Waals surface area contributed by atoms with Crippen molar-refractivity contribution in [1.29, 1.82) is 0 Å². The number of hydrogen-bond donors (Lipinski definition) is 2. The summed E-state index contributed by atoms with van der Waals surface area (Å²) in [6, 6.07) is 9.39. The van der Waals surface area contributed by atoms with Gasteiger partial charge in [0.15, 0.2) is 17.4 Å². The number of nitrogens with two attached hydrogens (primary N) is 1. The van der Waals surface area contributed by atoms with Gasteiger partial charge in [0.2, 0.25) is 10.0 Å². The number of hydrogen-bond acceptors (Lipinski definition) is 7. The lowest BCUT2D eigenvalue weighted by Crippen LogP contribution is -2.29. The lowest BCUT2D eigenvalue weighted by atomic mass is 10.0. The topological polar surface area (TPSA) is 129 Å². The van der Waals surface area contributed by atoms with Crippen molar-refractivity contribution in [3.8, 4) is 11.4 Å². The summed E-state index contributed by atoms with van der Waals surface area (Å²) >= 11 is 0. The number of ether oxygens (including phenoxy) is 1. The van der Waals surface area contributed by atoms with Crippen molar-refractivity contribution in [2.24, 2.45) is 0 Å². The molecule has 176 valence electrons. The van der Waals surface area contributed by atoms with E-state index in [-0.39, 0.29) is 28.0 Å². The highest BCUT2D eigenvalue weighted by Gasteiger charge is 2.20. The first-order valence-corrected chi connectivity index (χ1v) is 11.8. The molecule has 2 aromatic heterocycles. The number of halogens is 2. The molecule has 2 heterocycles. The molecule has 0 aliphatic heterocycles. The molecule has 1 atom stereocenters. The van der Waals surface area contributed by atoms with Crippen LogP contribution < -0.4 is 15.2 Å². The Morgan fingerprint density at radius 1 is 1.21 bits per heavy atom. The van der Waals surface area contributed by atoms with E-state index in [0.717, 1.165) is 12.3 Å². The molecular weight excluding hydrogens is 468 g/mol. The Labute approximate surface area is 193 Å². The lowest BCUT2D eigenvalue weighted by molar-refractivity contribution is 0.0981. The van der Waals surface area contributed by atoms with Crippen molar-refractivity contribution in [3.05, 3.63) is 77.6 Å². The molecule has 3 N–H and O–H groups in total. The average Bonchev–Trinajstić information content (AvgIpc) is 3.28. The number of aromatic nitrogens is 3. The molecule has 4 aromatic rings. The Morgan fingerprint density at radius 3 is 2.65 bits per heavy atom. The number of nitrogens with zero attached hydrogens (tertiary/aromatic N) is 3. The molecule has 2 aromatic carbocycles. The summed E-state index contributed by atoms with van der Waals surface area (Å²) in [5.74, 6) is -2.49. The van der Waals surface area contributed by atoms with E-state index in [1.54, 1.807) is 36.1 Å². The largest absolute Gasteiger partial charge is 0.482 e. The molecule has 0 spiro atoms. The summed E-state index contributed by atoms with van der Waals surface area (Å²) in [7, 11) is -3.77. The van der Waals surface area contributed by atoms with Crippen LogP contribution >= 0.6 is 0 Å². The van der Waals surface area contributed by atoms with Crippen LogP contribution in [0.3, 0.4) is 0 Å². The Hall–Kier alpha value is -4.06. The maximum atomic E-state index is 14.0. The first-order chi connectivity index (χ1) is 16.0. The van der Waals surface area contributed by atoms with E-state index in [4.69, 9.17) is 10.5 Å². The summed E-state index contributed by atoms with van der Waals surface area (Å²) < 4.78 is 60.1. The predicted octanol–water partition coefficient (Wildman–Crippen LogP) is 3.11. The fourth-order valence-corrected chi connectivity index (χ4v) is 3.88. The highest BCUT2D eigenvalue weighted by molar-refractivity contribution is 7.89. The van der Waals surface area contributed by atoms with E-state index in [2.05, 4.69) is 10.1 Å². The van der Waals surface area contributed by atoms with Gasteiger partial charge in [0.05, 0.1) is 11.9 Å². The van der Waals surface area contributed by atoms with Crippen molar-refractivity contribution >= 4 is 32.7 Å². The van der Waals surface area contributed by atoms with Crippen molar-refractivity contribution in [1.82, 2.24) is 19.5 Å². The van der Waals surface area contributed by atoms with Gasteiger partial charge in [0.1, 0.15) is 17.4 Å². The minimum absolute atomic E-state index is 0.0699. The quantitative estimate of drug-likeness (QED) is 0.427. The third-order valence-corrected chi connectivity index (χ3v) is 5.45. The SMILES string of the molecule is C[C@H](Oc1cc2cc(F)cc(F)c2nc1N)c1cc(C(=O)NS(C)(=O)=O)ccc1-n1cccn1. The molecule has 12 heteroatoms. The highest BCUT2D eigenvalue weighted by atomic mass is 32.2. The average molecular weight is 487 g/mol. The zero-order valence-electron chi connectivity index (χ0n) is 18.0. The molecule has 34 heavy (non-hydrogen) atoms. The Bertz CT molecular complexity index is 1510. The normalized spacial score (nSPS) is 12.5. The number of carbonyl (C=O) groups excluding carboxylic acids is 1. The standard InChI is InChI=1S/C22H19F2N5O4S/c1-12(33-19-10-14-8-15(23)11-17(24)20(14)27-21(19)25)16-9-13(22(30)28-34(2,31)32)4-5-18(16)29-7-3-6-26-29/h3-12H,1-2H3,(H2,25,27)(H,28,30)/t12-/m0/s1. The van der Waals surface area contributed by atoms with Crippen molar-refractivity contribution < 1.29 is 26.7 Å². The van der Waals surface area contributed by atoms with Crippen LogP contribution in [-0.4, -0.2) is 35.3 Å². The number of amides is 1. The highest BCUT2D eigenvalue weighted by Crippen LogP contribution is 2.33. The van der Waals surface area contributed by atoms with E-state index >= 15 is 0 Å². The van der Waals surface area contributed by atoms with Gasteiger partial charge in [0.25, 0.3) is 5.91 Å². The molecule has 0 aliphatic rings. The van der Waals surface area contributed by atoms with Crippen LogP contribution in [0.25, 0.3) is 16.6 Å². The van der Waals surface area contributed by atoms with E-state index in [9.17, 15) is 22.0 Å². The summed E-state index contributed by atoms with van der Waals surface area (Å²) in [5.41, 5.74) is 6.94. The minimum atomic E-state index is -3.77. The summed E-state index contributed by atoms with van der Waals surface area (Å²) in [6.07, 6.45) is 3.36. The number of pyridine rings is 1. The summed E-state index contributed by atoms with van der Waals surface area (Å²) in [6.45, 7) is 1.66. The van der Waals surface area contributed by atoms with Crippen LogP contribution in [0.5, 0.6) is 5.75 Å². The molecule has 0 radical (unpaired) electrons. The van der Waals surface area contributed by atoms with Crippen LogP contribution in [0.2, 0.25) is 0 Å². The lowest BCUT2D eigenvalue weighted by Gasteiger charge is -2.20. The second kappa shape index (κ2) is 8.71. The molecule has 1 amide bonds. The van der Waals surface area contributed by atoms with Crippen molar-refractivity contribution in [2.45, 2.75) is 13.0 Å². The van der Waals surface area contributed by atoms with Gasteiger partial charge in [-0.05, 0) is 43.3 Å². The first-order valence-electron chi connectivity index (χ1n) is 9.90. The Kier molecular flexibility index (Phi) is 5.92. The van der Waals surface area contributed by atoms with Crippen molar-refractivity contribution in [2.75, 3.05) is 12.0 Å². The number of rotatable bonds is 6. The number of nitrogens with one attached hydrogen (secondary N) is 1. The van der Waals surface area contributed by atoms with Gasteiger partial charge in [-0.15, -0.1) is 0 Å². The molecular formula is C22H19F2N5O4S.